The van der Waals surface area contributed by atoms with Gasteiger partial charge in [-0.2, -0.15) is 0 Å². The molecule has 0 aliphatic carbocycles. The van der Waals surface area contributed by atoms with Gasteiger partial charge in [0.05, 0.1) is 11.0 Å². The Bertz CT molecular complexity index is 428. The zero-order valence-electron chi connectivity index (χ0n) is 9.77. The number of H-pyrrole nitrogens is 1. The van der Waals surface area contributed by atoms with E-state index >= 15 is 0 Å². The lowest BCUT2D eigenvalue weighted by Crippen LogP contribution is -2.36. The molecule has 1 heterocycles. The minimum atomic E-state index is 0.393. The number of imidazole rings is 1. The molecule has 0 atom stereocenters. The number of nitrogens with zero attached hydrogens (tertiary/aromatic N) is 2. The third-order valence-electron chi connectivity index (χ3n) is 2.64. The van der Waals surface area contributed by atoms with Crippen molar-refractivity contribution in [2.45, 2.75) is 19.9 Å². The number of hydrogen-bond acceptors (Lipinski definition) is 3. The monoisotopic (exact) mass is 218 g/mol. The molecule has 3 N–H and O–H groups in total. The second-order valence-corrected chi connectivity index (χ2v) is 4.15. The highest BCUT2D eigenvalue weighted by Crippen LogP contribution is 2.18. The van der Waals surface area contributed by atoms with E-state index in [0.717, 1.165) is 23.5 Å². The fourth-order valence-electron chi connectivity index (χ4n) is 1.82. The largest absolute Gasteiger partial charge is 0.339 e. The third kappa shape index (κ3) is 2.02. The zero-order chi connectivity index (χ0) is 11.5. The highest BCUT2D eigenvalue weighted by molar-refractivity contribution is 5.77. The molecule has 0 aliphatic heterocycles. The lowest BCUT2D eigenvalue weighted by molar-refractivity contribution is 0.668. The topological polar surface area (TPSA) is 57.9 Å². The predicted octanol–water partition coefficient (Wildman–Crippen LogP) is 1.74. The summed E-state index contributed by atoms with van der Waals surface area (Å²) in [4.78, 5) is 10.1. The molecule has 2 rings (SSSR count). The average molecular weight is 218 g/mol. The molecule has 1 aromatic carbocycles. The van der Waals surface area contributed by atoms with Crippen LogP contribution >= 0.6 is 0 Å². The van der Waals surface area contributed by atoms with Crippen molar-refractivity contribution in [2.75, 3.05) is 18.0 Å². The van der Waals surface area contributed by atoms with Crippen LogP contribution in [-0.2, 0) is 0 Å². The van der Waals surface area contributed by atoms with Crippen molar-refractivity contribution in [3.8, 4) is 0 Å². The number of benzene rings is 1. The van der Waals surface area contributed by atoms with E-state index in [2.05, 4.69) is 28.7 Å². The van der Waals surface area contributed by atoms with Crippen molar-refractivity contribution in [1.82, 2.24) is 9.97 Å². The molecule has 86 valence electrons. The normalized spacial score (nSPS) is 11.2. The average Bonchev–Trinajstić information content (AvgIpc) is 2.68. The Balaban J connectivity index is 2.37. The number of hydrogen-bond donors (Lipinski definition) is 2. The predicted molar refractivity (Wildman–Crippen MR) is 67.6 cm³/mol. The van der Waals surface area contributed by atoms with Gasteiger partial charge in [-0.3, -0.25) is 0 Å². The molecular formula is C12H18N4. The minimum Gasteiger partial charge on any atom is -0.339 e. The molecule has 1 aromatic heterocycles. The van der Waals surface area contributed by atoms with E-state index in [0.29, 0.717) is 12.6 Å². The maximum absolute atomic E-state index is 5.62. The maximum atomic E-state index is 5.62. The highest BCUT2D eigenvalue weighted by atomic mass is 15.3. The van der Waals surface area contributed by atoms with Gasteiger partial charge in [-0.1, -0.05) is 12.1 Å². The van der Waals surface area contributed by atoms with Crippen molar-refractivity contribution in [3.05, 3.63) is 24.3 Å². The minimum absolute atomic E-state index is 0.393. The van der Waals surface area contributed by atoms with E-state index < -0.39 is 0 Å². The highest BCUT2D eigenvalue weighted by Gasteiger charge is 2.13. The van der Waals surface area contributed by atoms with Gasteiger partial charge in [-0.05, 0) is 26.0 Å². The second kappa shape index (κ2) is 4.53. The molecule has 0 unspecified atom stereocenters. The fraction of sp³-hybridized carbons (Fsp3) is 0.417. The molecule has 4 nitrogen and oxygen atoms in total. The van der Waals surface area contributed by atoms with Gasteiger partial charge in [0.15, 0.2) is 0 Å². The van der Waals surface area contributed by atoms with E-state index in [1.54, 1.807) is 0 Å². The first-order valence-corrected chi connectivity index (χ1v) is 5.64. The molecule has 16 heavy (non-hydrogen) atoms. The van der Waals surface area contributed by atoms with Gasteiger partial charge in [-0.25, -0.2) is 4.98 Å². The summed E-state index contributed by atoms with van der Waals surface area (Å²) in [5, 5.41) is 0. The first-order valence-electron chi connectivity index (χ1n) is 5.64. The second-order valence-electron chi connectivity index (χ2n) is 4.15. The van der Waals surface area contributed by atoms with Gasteiger partial charge in [0.1, 0.15) is 0 Å². The molecular weight excluding hydrogens is 200 g/mol. The molecule has 2 aromatic rings. The molecule has 0 saturated carbocycles. The van der Waals surface area contributed by atoms with Crippen LogP contribution in [0, 0.1) is 0 Å². The summed E-state index contributed by atoms with van der Waals surface area (Å²) in [6, 6.07) is 8.44. The number of anilines is 1. The lowest BCUT2D eigenvalue weighted by atomic mass is 10.3. The van der Waals surface area contributed by atoms with Gasteiger partial charge in [0, 0.05) is 19.1 Å². The molecule has 0 saturated heterocycles. The van der Waals surface area contributed by atoms with Gasteiger partial charge >= 0.3 is 0 Å². The first-order chi connectivity index (χ1) is 7.72. The molecule has 0 radical (unpaired) electrons. The molecule has 0 fully saturated rings. The van der Waals surface area contributed by atoms with Crippen LogP contribution in [-0.4, -0.2) is 29.1 Å². The Morgan fingerprint density at radius 3 is 2.75 bits per heavy atom. The number of rotatable bonds is 4. The van der Waals surface area contributed by atoms with Gasteiger partial charge in [0.2, 0.25) is 5.95 Å². The maximum Gasteiger partial charge on any atom is 0.204 e. The molecule has 0 bridgehead atoms. The standard InChI is InChI=1S/C12H18N4/c1-9(2)16(8-7-13)12-14-10-5-3-4-6-11(10)15-12/h3-6,9H,7-8,13H2,1-2H3,(H,14,15). The number of aromatic nitrogens is 2. The van der Waals surface area contributed by atoms with E-state index in [1.165, 1.54) is 0 Å². The van der Waals surface area contributed by atoms with Crippen molar-refractivity contribution in [1.29, 1.82) is 0 Å². The zero-order valence-corrected chi connectivity index (χ0v) is 9.77. The van der Waals surface area contributed by atoms with Crippen LogP contribution in [0.5, 0.6) is 0 Å². The Hall–Kier alpha value is -1.55. The summed E-state index contributed by atoms with van der Waals surface area (Å²) >= 11 is 0. The van der Waals surface area contributed by atoms with Crippen molar-refractivity contribution in [3.63, 3.8) is 0 Å². The number of nitrogens with two attached hydrogens (primary N) is 1. The number of fused-ring (bicyclic) bond motifs is 1. The number of para-hydroxylation sites is 2. The first kappa shape index (κ1) is 11.0. The smallest absolute Gasteiger partial charge is 0.204 e. The van der Waals surface area contributed by atoms with Crippen LogP contribution in [0.15, 0.2) is 24.3 Å². The van der Waals surface area contributed by atoms with E-state index in [1.807, 2.05) is 24.3 Å². The van der Waals surface area contributed by atoms with Crippen LogP contribution in [0.2, 0.25) is 0 Å². The van der Waals surface area contributed by atoms with Crippen LogP contribution in [0.25, 0.3) is 11.0 Å². The summed E-state index contributed by atoms with van der Waals surface area (Å²) in [6.07, 6.45) is 0. The van der Waals surface area contributed by atoms with E-state index in [-0.39, 0.29) is 0 Å². The summed E-state index contributed by atoms with van der Waals surface area (Å²) in [5.74, 6) is 0.904. The van der Waals surface area contributed by atoms with Crippen molar-refractivity contribution >= 4 is 17.0 Å². The lowest BCUT2D eigenvalue weighted by Gasteiger charge is -2.25. The van der Waals surface area contributed by atoms with Crippen molar-refractivity contribution < 1.29 is 0 Å². The van der Waals surface area contributed by atoms with Gasteiger partial charge < -0.3 is 15.6 Å². The summed E-state index contributed by atoms with van der Waals surface area (Å²) < 4.78 is 0. The van der Waals surface area contributed by atoms with Gasteiger partial charge in [0.25, 0.3) is 0 Å². The Morgan fingerprint density at radius 1 is 1.38 bits per heavy atom. The van der Waals surface area contributed by atoms with Crippen LogP contribution in [0.3, 0.4) is 0 Å². The van der Waals surface area contributed by atoms with E-state index in [4.69, 9.17) is 5.73 Å². The van der Waals surface area contributed by atoms with Crippen LogP contribution < -0.4 is 10.6 Å². The number of nitrogens with one attached hydrogen (secondary N) is 1. The molecule has 4 heteroatoms. The molecule has 0 aliphatic rings. The van der Waals surface area contributed by atoms with Gasteiger partial charge in [-0.15, -0.1) is 0 Å². The van der Waals surface area contributed by atoms with E-state index in [9.17, 15) is 0 Å². The summed E-state index contributed by atoms with van der Waals surface area (Å²) in [5.41, 5.74) is 7.69. The Labute approximate surface area is 95.5 Å². The SMILES string of the molecule is CC(C)N(CCN)c1nc2ccccc2[nH]1. The number of aromatic amines is 1. The van der Waals surface area contributed by atoms with Crippen molar-refractivity contribution in [2.24, 2.45) is 5.73 Å². The van der Waals surface area contributed by atoms with Crippen LogP contribution in [0.4, 0.5) is 5.95 Å². The molecule has 0 spiro atoms. The molecule has 0 amide bonds. The Kier molecular flexibility index (Phi) is 3.10. The fourth-order valence-corrected chi connectivity index (χ4v) is 1.82. The van der Waals surface area contributed by atoms with Crippen LogP contribution in [0.1, 0.15) is 13.8 Å². The third-order valence-corrected chi connectivity index (χ3v) is 2.64. The quantitative estimate of drug-likeness (QED) is 0.821. The summed E-state index contributed by atoms with van der Waals surface area (Å²) in [7, 11) is 0. The summed E-state index contributed by atoms with van der Waals surface area (Å²) in [6.45, 7) is 5.73. The Morgan fingerprint density at radius 2 is 2.12 bits per heavy atom.